The lowest BCUT2D eigenvalue weighted by Crippen LogP contribution is -2.24. The third-order valence-corrected chi connectivity index (χ3v) is 4.58. The average molecular weight is 273 g/mol. The van der Waals surface area contributed by atoms with E-state index in [2.05, 4.69) is 26.3 Å². The molecule has 2 aliphatic heterocycles. The van der Waals surface area contributed by atoms with Gasteiger partial charge in [0.1, 0.15) is 5.82 Å². The predicted octanol–water partition coefficient (Wildman–Crippen LogP) is 1.30. The van der Waals surface area contributed by atoms with Crippen molar-refractivity contribution in [3.05, 3.63) is 18.0 Å². The first-order valence-electron chi connectivity index (χ1n) is 7.33. The van der Waals surface area contributed by atoms with Crippen LogP contribution in [0, 0.1) is 18.8 Å². The Labute approximate surface area is 117 Å². The maximum atomic E-state index is 5.52. The molecule has 0 aromatic carbocycles. The number of aromatic nitrogens is 4. The molecule has 4 heterocycles. The van der Waals surface area contributed by atoms with Crippen LogP contribution in [0.25, 0.3) is 5.65 Å². The van der Waals surface area contributed by atoms with Crippen molar-refractivity contribution in [2.75, 3.05) is 31.2 Å². The van der Waals surface area contributed by atoms with Crippen LogP contribution in [0.15, 0.2) is 12.1 Å². The molecule has 2 aromatic heterocycles. The van der Waals surface area contributed by atoms with Gasteiger partial charge in [-0.15, -0.1) is 15.3 Å². The molecular formula is C14H19N5O. The highest BCUT2D eigenvalue weighted by atomic mass is 16.5. The number of fused-ring (bicyclic) bond motifs is 1. The van der Waals surface area contributed by atoms with Crippen LogP contribution in [0.2, 0.25) is 0 Å². The van der Waals surface area contributed by atoms with Crippen LogP contribution in [0.1, 0.15) is 18.7 Å². The summed E-state index contributed by atoms with van der Waals surface area (Å²) in [6, 6.07) is 4.05. The van der Waals surface area contributed by atoms with E-state index in [0.29, 0.717) is 0 Å². The van der Waals surface area contributed by atoms with Crippen molar-refractivity contribution in [3.8, 4) is 0 Å². The van der Waals surface area contributed by atoms with Gasteiger partial charge in [-0.1, -0.05) is 0 Å². The van der Waals surface area contributed by atoms with Crippen LogP contribution in [0.3, 0.4) is 0 Å². The normalized spacial score (nSPS) is 26.8. The van der Waals surface area contributed by atoms with Gasteiger partial charge >= 0.3 is 0 Å². The highest BCUT2D eigenvalue weighted by molar-refractivity contribution is 5.46. The van der Waals surface area contributed by atoms with E-state index in [1.54, 1.807) is 0 Å². The third kappa shape index (κ3) is 1.95. The Morgan fingerprint density at radius 2 is 2.15 bits per heavy atom. The van der Waals surface area contributed by atoms with Gasteiger partial charge in [-0.2, -0.15) is 4.52 Å². The van der Waals surface area contributed by atoms with Gasteiger partial charge in [0.15, 0.2) is 11.5 Å². The Balaban J connectivity index is 1.55. The van der Waals surface area contributed by atoms with Crippen molar-refractivity contribution in [1.82, 2.24) is 19.8 Å². The standard InChI is InChI=1S/C14H19N5O/c1-10-15-16-13-2-3-14(17-19(10)13)18-6-4-11(8-18)12-5-7-20-9-12/h2-3,11-12H,4-9H2,1H3. The van der Waals surface area contributed by atoms with Crippen LogP contribution < -0.4 is 4.90 Å². The van der Waals surface area contributed by atoms with Crippen molar-refractivity contribution < 1.29 is 4.74 Å². The number of ether oxygens (including phenoxy) is 1. The van der Waals surface area contributed by atoms with Gasteiger partial charge in [0, 0.05) is 26.3 Å². The van der Waals surface area contributed by atoms with E-state index in [0.717, 1.165) is 55.4 Å². The van der Waals surface area contributed by atoms with E-state index >= 15 is 0 Å². The predicted molar refractivity (Wildman–Crippen MR) is 74.8 cm³/mol. The Morgan fingerprint density at radius 3 is 3.00 bits per heavy atom. The zero-order valence-corrected chi connectivity index (χ0v) is 11.7. The third-order valence-electron chi connectivity index (χ3n) is 4.58. The summed E-state index contributed by atoms with van der Waals surface area (Å²) in [5.74, 6) is 3.35. The molecule has 0 spiro atoms. The number of anilines is 1. The van der Waals surface area contributed by atoms with Crippen LogP contribution in [0.4, 0.5) is 5.82 Å². The second kappa shape index (κ2) is 4.70. The van der Waals surface area contributed by atoms with E-state index in [1.165, 1.54) is 12.8 Å². The van der Waals surface area contributed by atoms with Crippen LogP contribution in [0.5, 0.6) is 0 Å². The van der Waals surface area contributed by atoms with Crippen molar-refractivity contribution >= 4 is 11.5 Å². The molecule has 0 N–H and O–H groups in total. The summed E-state index contributed by atoms with van der Waals surface area (Å²) in [4.78, 5) is 2.38. The minimum absolute atomic E-state index is 0.736. The fourth-order valence-electron chi connectivity index (χ4n) is 3.36. The smallest absolute Gasteiger partial charge is 0.178 e. The zero-order chi connectivity index (χ0) is 13.5. The minimum atomic E-state index is 0.736. The second-order valence-corrected chi connectivity index (χ2v) is 5.83. The first-order chi connectivity index (χ1) is 9.81. The molecule has 6 heteroatoms. The molecular weight excluding hydrogens is 254 g/mol. The van der Waals surface area contributed by atoms with Gasteiger partial charge in [0.25, 0.3) is 0 Å². The molecule has 2 unspecified atom stereocenters. The van der Waals surface area contributed by atoms with Gasteiger partial charge in [0.2, 0.25) is 0 Å². The van der Waals surface area contributed by atoms with Crippen molar-refractivity contribution in [2.45, 2.75) is 19.8 Å². The van der Waals surface area contributed by atoms with E-state index in [-0.39, 0.29) is 0 Å². The zero-order valence-electron chi connectivity index (χ0n) is 11.7. The number of nitrogens with zero attached hydrogens (tertiary/aromatic N) is 5. The molecule has 0 bridgehead atoms. The van der Waals surface area contributed by atoms with Crippen molar-refractivity contribution in [2.24, 2.45) is 11.8 Å². The molecule has 0 aliphatic carbocycles. The second-order valence-electron chi connectivity index (χ2n) is 5.83. The molecule has 20 heavy (non-hydrogen) atoms. The maximum Gasteiger partial charge on any atom is 0.178 e. The Hall–Kier alpha value is -1.69. The Bertz CT molecular complexity index is 619. The summed E-state index contributed by atoms with van der Waals surface area (Å²) in [5.41, 5.74) is 0.811. The monoisotopic (exact) mass is 273 g/mol. The number of aryl methyl sites for hydroxylation is 1. The summed E-state index contributed by atoms with van der Waals surface area (Å²) in [7, 11) is 0. The molecule has 6 nitrogen and oxygen atoms in total. The molecule has 0 radical (unpaired) electrons. The molecule has 2 fully saturated rings. The highest BCUT2D eigenvalue weighted by Crippen LogP contribution is 2.31. The first kappa shape index (κ1) is 12.1. The maximum absolute atomic E-state index is 5.52. The Morgan fingerprint density at radius 1 is 1.20 bits per heavy atom. The largest absolute Gasteiger partial charge is 0.381 e. The lowest BCUT2D eigenvalue weighted by atomic mass is 9.91. The Kier molecular flexibility index (Phi) is 2.84. The van der Waals surface area contributed by atoms with Crippen LogP contribution in [-0.2, 0) is 4.74 Å². The summed E-state index contributed by atoms with van der Waals surface area (Å²) >= 11 is 0. The lowest BCUT2D eigenvalue weighted by Gasteiger charge is -2.19. The molecule has 106 valence electrons. The van der Waals surface area contributed by atoms with Gasteiger partial charge in [0.05, 0.1) is 0 Å². The fourth-order valence-corrected chi connectivity index (χ4v) is 3.36. The minimum Gasteiger partial charge on any atom is -0.381 e. The molecule has 2 atom stereocenters. The van der Waals surface area contributed by atoms with Gasteiger partial charge in [-0.25, -0.2) is 0 Å². The summed E-state index contributed by atoms with van der Waals surface area (Å²) in [6.45, 7) is 5.98. The lowest BCUT2D eigenvalue weighted by molar-refractivity contribution is 0.174. The summed E-state index contributed by atoms with van der Waals surface area (Å²) < 4.78 is 7.34. The number of hydrogen-bond donors (Lipinski definition) is 0. The number of rotatable bonds is 2. The fraction of sp³-hybridized carbons (Fsp3) is 0.643. The topological polar surface area (TPSA) is 55.5 Å². The average Bonchev–Trinajstić information content (AvgIpc) is 3.18. The van der Waals surface area contributed by atoms with Gasteiger partial charge in [-0.3, -0.25) is 0 Å². The number of hydrogen-bond acceptors (Lipinski definition) is 5. The van der Waals surface area contributed by atoms with E-state index in [1.807, 2.05) is 17.5 Å². The van der Waals surface area contributed by atoms with Gasteiger partial charge in [-0.05, 0) is 43.7 Å². The molecule has 2 aromatic rings. The van der Waals surface area contributed by atoms with Crippen LogP contribution in [-0.4, -0.2) is 46.1 Å². The van der Waals surface area contributed by atoms with E-state index < -0.39 is 0 Å². The van der Waals surface area contributed by atoms with Crippen LogP contribution >= 0.6 is 0 Å². The molecule has 2 aliphatic rings. The molecule has 0 amide bonds. The SMILES string of the molecule is Cc1nnc2ccc(N3CCC(C4CCOC4)C3)nn12. The highest BCUT2D eigenvalue weighted by Gasteiger charge is 2.32. The van der Waals surface area contributed by atoms with Crippen molar-refractivity contribution in [3.63, 3.8) is 0 Å². The van der Waals surface area contributed by atoms with Crippen molar-refractivity contribution in [1.29, 1.82) is 0 Å². The summed E-state index contributed by atoms with van der Waals surface area (Å²) in [6.07, 6.45) is 2.46. The molecule has 0 saturated carbocycles. The van der Waals surface area contributed by atoms with Gasteiger partial charge < -0.3 is 9.64 Å². The first-order valence-corrected chi connectivity index (χ1v) is 7.33. The molecule has 2 saturated heterocycles. The van der Waals surface area contributed by atoms with E-state index in [4.69, 9.17) is 4.74 Å². The summed E-state index contributed by atoms with van der Waals surface area (Å²) in [5, 5.41) is 12.8. The van der Waals surface area contributed by atoms with E-state index in [9.17, 15) is 0 Å². The quantitative estimate of drug-likeness (QED) is 0.825. The molecule has 4 rings (SSSR count).